The van der Waals surface area contributed by atoms with E-state index in [4.69, 9.17) is 9.47 Å². The van der Waals surface area contributed by atoms with Crippen LogP contribution >= 0.6 is 0 Å². The predicted molar refractivity (Wildman–Crippen MR) is 73.8 cm³/mol. The Labute approximate surface area is 111 Å². The topological polar surface area (TPSA) is 58.5 Å². The number of hydrogen-bond donors (Lipinski definition) is 1. The zero-order valence-corrected chi connectivity index (χ0v) is 11.2. The van der Waals surface area contributed by atoms with E-state index in [0.717, 1.165) is 36.1 Å². The van der Waals surface area contributed by atoms with E-state index in [2.05, 4.69) is 20.2 Å². The van der Waals surface area contributed by atoms with Gasteiger partial charge in [0, 0.05) is 19.2 Å². The van der Waals surface area contributed by atoms with Crippen molar-refractivity contribution >= 4 is 17.5 Å². The molecule has 0 amide bonds. The van der Waals surface area contributed by atoms with Crippen LogP contribution in [0.3, 0.4) is 0 Å². The highest BCUT2D eigenvalue weighted by Gasteiger charge is 2.31. The van der Waals surface area contributed by atoms with E-state index in [1.54, 1.807) is 14.2 Å². The Morgan fingerprint density at radius 2 is 2.11 bits per heavy atom. The molecule has 0 atom stereocenters. The lowest BCUT2D eigenvalue weighted by atomic mass is 10.1. The van der Waals surface area contributed by atoms with E-state index in [1.807, 2.05) is 19.2 Å². The van der Waals surface area contributed by atoms with E-state index in [1.165, 1.54) is 0 Å². The molecule has 1 N–H and O–H groups in total. The first-order chi connectivity index (χ1) is 9.30. The molecule has 1 aromatic rings. The second-order valence-electron chi connectivity index (χ2n) is 4.24. The second-order valence-corrected chi connectivity index (χ2v) is 4.24. The number of fused-ring (bicyclic) bond motifs is 3. The molecule has 3 rings (SSSR count). The van der Waals surface area contributed by atoms with E-state index in [0.29, 0.717) is 11.5 Å². The third kappa shape index (κ3) is 1.63. The smallest absolute Gasteiger partial charge is 0.204 e. The second kappa shape index (κ2) is 4.46. The zero-order chi connectivity index (χ0) is 13.4. The maximum atomic E-state index is 5.44. The molecule has 19 heavy (non-hydrogen) atoms. The quantitative estimate of drug-likeness (QED) is 0.861. The van der Waals surface area contributed by atoms with Crippen LogP contribution in [-0.2, 0) is 0 Å². The number of nitrogens with one attached hydrogen (secondary N) is 1. The highest BCUT2D eigenvalue weighted by Crippen LogP contribution is 2.42. The van der Waals surface area contributed by atoms with Crippen molar-refractivity contribution in [2.75, 3.05) is 34.4 Å². The Balaban J connectivity index is 2.24. The Morgan fingerprint density at radius 3 is 2.79 bits per heavy atom. The van der Waals surface area contributed by atoms with Crippen molar-refractivity contribution in [2.24, 2.45) is 9.98 Å². The van der Waals surface area contributed by atoms with Crippen LogP contribution in [0.15, 0.2) is 22.1 Å². The normalized spacial score (nSPS) is 16.3. The van der Waals surface area contributed by atoms with Crippen LogP contribution in [0.4, 0.5) is 5.69 Å². The SMILES string of the molecule is CNC1=Nc2c(ccc(OC)c2OC)C2=NCCN12. The molecule has 100 valence electrons. The number of amidine groups is 1. The van der Waals surface area contributed by atoms with E-state index in [9.17, 15) is 0 Å². The van der Waals surface area contributed by atoms with Gasteiger partial charge in [-0.25, -0.2) is 4.99 Å². The van der Waals surface area contributed by atoms with Crippen molar-refractivity contribution < 1.29 is 9.47 Å². The largest absolute Gasteiger partial charge is 0.493 e. The summed E-state index contributed by atoms with van der Waals surface area (Å²) in [6.07, 6.45) is 0. The molecule has 0 unspecified atom stereocenters. The molecular formula is C13H16N4O2. The Hall–Kier alpha value is -2.24. The van der Waals surface area contributed by atoms with Gasteiger partial charge in [-0.3, -0.25) is 9.89 Å². The Kier molecular flexibility index (Phi) is 2.77. The van der Waals surface area contributed by atoms with E-state index >= 15 is 0 Å². The van der Waals surface area contributed by atoms with Crippen LogP contribution in [0, 0.1) is 0 Å². The van der Waals surface area contributed by atoms with Crippen LogP contribution in [0.2, 0.25) is 0 Å². The fourth-order valence-electron chi connectivity index (χ4n) is 2.44. The van der Waals surface area contributed by atoms with Crippen LogP contribution in [0.5, 0.6) is 11.5 Å². The number of ether oxygens (including phenoxy) is 2. The minimum atomic E-state index is 0.641. The van der Waals surface area contributed by atoms with Gasteiger partial charge >= 0.3 is 0 Å². The molecule has 2 aliphatic heterocycles. The first-order valence-corrected chi connectivity index (χ1v) is 6.14. The molecule has 1 aromatic carbocycles. The molecule has 0 saturated carbocycles. The number of rotatable bonds is 2. The highest BCUT2D eigenvalue weighted by molar-refractivity contribution is 6.16. The lowest BCUT2D eigenvalue weighted by Gasteiger charge is -2.28. The third-order valence-electron chi connectivity index (χ3n) is 3.30. The molecule has 0 bridgehead atoms. The van der Waals surface area contributed by atoms with Gasteiger partial charge in [0.1, 0.15) is 11.5 Å². The zero-order valence-electron chi connectivity index (χ0n) is 11.2. The lowest BCUT2D eigenvalue weighted by Crippen LogP contribution is -2.44. The van der Waals surface area contributed by atoms with Crippen LogP contribution in [0.25, 0.3) is 0 Å². The molecule has 0 aliphatic carbocycles. The molecule has 0 spiro atoms. The van der Waals surface area contributed by atoms with Gasteiger partial charge in [-0.05, 0) is 12.1 Å². The van der Waals surface area contributed by atoms with Gasteiger partial charge in [0.15, 0.2) is 11.5 Å². The number of methoxy groups -OCH3 is 2. The van der Waals surface area contributed by atoms with Gasteiger partial charge in [-0.1, -0.05) is 0 Å². The molecule has 0 saturated heterocycles. The summed E-state index contributed by atoms with van der Waals surface area (Å²) in [5.74, 6) is 3.04. The van der Waals surface area contributed by atoms with Crippen molar-refractivity contribution in [2.45, 2.75) is 0 Å². The summed E-state index contributed by atoms with van der Waals surface area (Å²) in [5.41, 5.74) is 1.75. The van der Waals surface area contributed by atoms with Crippen LogP contribution in [0.1, 0.15) is 5.56 Å². The number of benzene rings is 1. The maximum absolute atomic E-state index is 5.44. The van der Waals surface area contributed by atoms with E-state index in [-0.39, 0.29) is 0 Å². The Bertz CT molecular complexity index is 580. The van der Waals surface area contributed by atoms with Gasteiger partial charge in [0.25, 0.3) is 0 Å². The standard InChI is InChI=1S/C13H16N4O2/c1-14-13-16-10-8(12-15-6-7-17(12)13)4-5-9(18-2)11(10)19-3/h4-5H,6-7H2,1-3H3,(H,14,16). The summed E-state index contributed by atoms with van der Waals surface area (Å²) >= 11 is 0. The maximum Gasteiger partial charge on any atom is 0.204 e. The number of hydrogen-bond acceptors (Lipinski definition) is 6. The fourth-order valence-corrected chi connectivity index (χ4v) is 2.44. The molecular weight excluding hydrogens is 244 g/mol. The third-order valence-corrected chi connectivity index (χ3v) is 3.30. The minimum Gasteiger partial charge on any atom is -0.493 e. The average molecular weight is 260 g/mol. The van der Waals surface area contributed by atoms with Gasteiger partial charge in [0.2, 0.25) is 5.96 Å². The van der Waals surface area contributed by atoms with Gasteiger partial charge in [0.05, 0.1) is 20.8 Å². The minimum absolute atomic E-state index is 0.641. The first kappa shape index (κ1) is 11.8. The van der Waals surface area contributed by atoms with Crippen LogP contribution < -0.4 is 14.8 Å². The van der Waals surface area contributed by atoms with Crippen molar-refractivity contribution in [1.29, 1.82) is 0 Å². The van der Waals surface area contributed by atoms with Crippen LogP contribution in [-0.4, -0.2) is 51.1 Å². The molecule has 2 aliphatic rings. The summed E-state index contributed by atoms with van der Waals surface area (Å²) in [4.78, 5) is 11.3. The lowest BCUT2D eigenvalue weighted by molar-refractivity contribution is 0.355. The fraction of sp³-hybridized carbons (Fsp3) is 0.385. The van der Waals surface area contributed by atoms with E-state index < -0.39 is 0 Å². The molecule has 0 radical (unpaired) electrons. The Morgan fingerprint density at radius 1 is 1.26 bits per heavy atom. The van der Waals surface area contributed by atoms with Crippen molar-refractivity contribution in [1.82, 2.24) is 10.2 Å². The summed E-state index contributed by atoms with van der Waals surface area (Å²) in [6, 6.07) is 3.86. The van der Waals surface area contributed by atoms with Crippen molar-refractivity contribution in [3.63, 3.8) is 0 Å². The monoisotopic (exact) mass is 260 g/mol. The molecule has 0 fully saturated rings. The summed E-state index contributed by atoms with van der Waals surface area (Å²) in [6.45, 7) is 1.63. The van der Waals surface area contributed by atoms with Crippen molar-refractivity contribution in [3.05, 3.63) is 17.7 Å². The average Bonchev–Trinajstić information content (AvgIpc) is 2.94. The van der Waals surface area contributed by atoms with Crippen molar-refractivity contribution in [3.8, 4) is 11.5 Å². The predicted octanol–water partition coefficient (Wildman–Crippen LogP) is 0.986. The molecule has 6 heteroatoms. The number of aliphatic imine (C=N–C) groups is 2. The van der Waals surface area contributed by atoms with Gasteiger partial charge in [-0.2, -0.15) is 0 Å². The number of nitrogens with zero attached hydrogens (tertiary/aromatic N) is 3. The molecule has 0 aromatic heterocycles. The summed E-state index contributed by atoms with van der Waals surface area (Å²) < 4.78 is 10.8. The summed E-state index contributed by atoms with van der Waals surface area (Å²) in [7, 11) is 5.09. The molecule has 6 nitrogen and oxygen atoms in total. The van der Waals surface area contributed by atoms with Gasteiger partial charge in [-0.15, -0.1) is 0 Å². The molecule has 2 heterocycles. The highest BCUT2D eigenvalue weighted by atomic mass is 16.5. The van der Waals surface area contributed by atoms with Gasteiger partial charge < -0.3 is 14.8 Å². The first-order valence-electron chi connectivity index (χ1n) is 6.14. The number of guanidine groups is 1. The summed E-state index contributed by atoms with van der Waals surface area (Å²) in [5, 5.41) is 3.10.